The van der Waals surface area contributed by atoms with Crippen molar-refractivity contribution in [2.45, 2.75) is 70.0 Å². The number of fused-ring (bicyclic) bond motifs is 1. The van der Waals surface area contributed by atoms with E-state index >= 15 is 4.39 Å². The van der Waals surface area contributed by atoms with E-state index in [2.05, 4.69) is 10.1 Å². The molecule has 5 rings (SSSR count). The van der Waals surface area contributed by atoms with Gasteiger partial charge in [0.1, 0.15) is 29.0 Å². The van der Waals surface area contributed by atoms with Crippen LogP contribution in [0.25, 0.3) is 11.3 Å². The van der Waals surface area contributed by atoms with Gasteiger partial charge in [-0.2, -0.15) is 31.4 Å². The number of piperidine rings is 1. The number of nitrogens with zero attached hydrogens (tertiary/aromatic N) is 5. The maximum absolute atomic E-state index is 15.5. The second-order valence-electron chi connectivity index (χ2n) is 12.0. The Labute approximate surface area is 264 Å². The third kappa shape index (κ3) is 7.07. The van der Waals surface area contributed by atoms with E-state index in [4.69, 9.17) is 14.2 Å². The molecular formula is C30H30F7N5O5. The van der Waals surface area contributed by atoms with Crippen LogP contribution < -0.4 is 9.64 Å². The van der Waals surface area contributed by atoms with Crippen LogP contribution in [-0.2, 0) is 22.2 Å². The van der Waals surface area contributed by atoms with Gasteiger partial charge in [-0.05, 0) is 57.0 Å². The van der Waals surface area contributed by atoms with Crippen molar-refractivity contribution in [1.29, 1.82) is 0 Å². The Morgan fingerprint density at radius 3 is 2.32 bits per heavy atom. The van der Waals surface area contributed by atoms with Gasteiger partial charge in [-0.15, -0.1) is 0 Å². The summed E-state index contributed by atoms with van der Waals surface area (Å²) >= 11 is 0. The number of ether oxygens (including phenoxy) is 3. The number of cyclic esters (lactones) is 1. The molecule has 1 aromatic carbocycles. The SMILES string of the molecule is COc1ccc(CN2C(=O)O[C@@H](C(F)(F)F)c3c(-c4cc(C(F)(F)F)n([C@@H]5CCN(C(=O)OC(C)(C)C)C[C@@H]5F)n4)ccnc32)cc1. The highest BCUT2D eigenvalue weighted by Gasteiger charge is 2.52. The minimum absolute atomic E-state index is 0.163. The van der Waals surface area contributed by atoms with E-state index in [0.29, 0.717) is 22.1 Å². The first-order valence-electron chi connectivity index (χ1n) is 14.3. The van der Waals surface area contributed by atoms with Crippen molar-refractivity contribution in [3.8, 4) is 17.0 Å². The van der Waals surface area contributed by atoms with Crippen molar-refractivity contribution < 1.29 is 54.5 Å². The summed E-state index contributed by atoms with van der Waals surface area (Å²) in [6, 6.07) is 6.27. The highest BCUT2D eigenvalue weighted by Crippen LogP contribution is 2.48. The molecular weight excluding hydrogens is 643 g/mol. The standard InChI is InChI=1S/C30H30F7N5O5/c1-28(2,3)47-26(43)40-12-10-21(19(31)15-40)42-22(29(32,33)34)13-20(39-42)18-9-11-38-25-23(18)24(30(35,36)37)46-27(44)41(25)14-16-5-7-17(45-4)8-6-16/h5-9,11,13,19,21,24H,10,12,14-15H2,1-4H3/t19-,21+,24+/m0/s1. The lowest BCUT2D eigenvalue weighted by Crippen LogP contribution is -2.47. The fraction of sp³-hybridized carbons (Fsp3) is 0.467. The van der Waals surface area contributed by atoms with Gasteiger partial charge in [0, 0.05) is 18.3 Å². The molecule has 2 aromatic heterocycles. The number of carbonyl (C=O) groups excluding carboxylic acids is 2. The molecule has 47 heavy (non-hydrogen) atoms. The van der Waals surface area contributed by atoms with Gasteiger partial charge in [0.15, 0.2) is 0 Å². The normalized spacial score (nSPS) is 20.5. The summed E-state index contributed by atoms with van der Waals surface area (Å²) in [5.41, 5.74) is -3.60. The smallest absolute Gasteiger partial charge is 0.433 e. The monoisotopic (exact) mass is 673 g/mol. The quantitative estimate of drug-likeness (QED) is 0.263. The van der Waals surface area contributed by atoms with Crippen LogP contribution in [0.3, 0.4) is 0 Å². The van der Waals surface area contributed by atoms with E-state index in [0.717, 1.165) is 22.1 Å². The molecule has 3 atom stereocenters. The summed E-state index contributed by atoms with van der Waals surface area (Å²) in [4.78, 5) is 31.2. The van der Waals surface area contributed by atoms with Crippen LogP contribution in [-0.4, -0.2) is 70.0 Å². The molecule has 254 valence electrons. The zero-order chi connectivity index (χ0) is 34.5. The number of anilines is 1. The Morgan fingerprint density at radius 1 is 1.06 bits per heavy atom. The minimum Gasteiger partial charge on any atom is -0.497 e. The molecule has 3 aromatic rings. The van der Waals surface area contributed by atoms with Crippen molar-refractivity contribution in [1.82, 2.24) is 19.7 Å². The zero-order valence-electron chi connectivity index (χ0n) is 25.5. The Bertz CT molecular complexity index is 1640. The largest absolute Gasteiger partial charge is 0.497 e. The highest BCUT2D eigenvalue weighted by atomic mass is 19.4. The van der Waals surface area contributed by atoms with E-state index in [1.54, 1.807) is 45.0 Å². The van der Waals surface area contributed by atoms with Crippen LogP contribution in [0, 0.1) is 0 Å². The molecule has 0 spiro atoms. The van der Waals surface area contributed by atoms with Crippen LogP contribution in [0.2, 0.25) is 0 Å². The minimum atomic E-state index is -5.18. The van der Waals surface area contributed by atoms with Crippen molar-refractivity contribution in [2.24, 2.45) is 0 Å². The van der Waals surface area contributed by atoms with E-state index in [-0.39, 0.29) is 19.5 Å². The van der Waals surface area contributed by atoms with Crippen molar-refractivity contribution >= 4 is 18.0 Å². The molecule has 1 saturated heterocycles. The maximum Gasteiger partial charge on any atom is 0.433 e. The van der Waals surface area contributed by atoms with E-state index in [9.17, 15) is 35.9 Å². The molecule has 10 nitrogen and oxygen atoms in total. The average molecular weight is 674 g/mol. The Kier molecular flexibility index (Phi) is 8.79. The summed E-state index contributed by atoms with van der Waals surface area (Å²) in [6.07, 6.45) is -16.7. The van der Waals surface area contributed by atoms with Gasteiger partial charge >= 0.3 is 24.5 Å². The zero-order valence-corrected chi connectivity index (χ0v) is 25.5. The second kappa shape index (κ2) is 12.2. The molecule has 0 unspecified atom stereocenters. The lowest BCUT2D eigenvalue weighted by molar-refractivity contribution is -0.207. The first kappa shape index (κ1) is 33.8. The van der Waals surface area contributed by atoms with E-state index < -0.39 is 83.3 Å². The number of hydrogen-bond donors (Lipinski definition) is 0. The molecule has 0 radical (unpaired) electrons. The summed E-state index contributed by atoms with van der Waals surface area (Å²) in [5.74, 6) is -0.0101. The molecule has 17 heteroatoms. The predicted molar refractivity (Wildman–Crippen MR) is 151 cm³/mol. The number of amides is 2. The number of aromatic nitrogens is 3. The topological polar surface area (TPSA) is 99.0 Å². The number of hydrogen-bond acceptors (Lipinski definition) is 7. The fourth-order valence-corrected chi connectivity index (χ4v) is 5.40. The molecule has 0 N–H and O–H groups in total. The number of rotatable bonds is 5. The molecule has 1 fully saturated rings. The van der Waals surface area contributed by atoms with Crippen LogP contribution in [0.15, 0.2) is 42.6 Å². The van der Waals surface area contributed by atoms with Crippen LogP contribution in [0.4, 0.5) is 46.1 Å². The third-order valence-corrected chi connectivity index (χ3v) is 7.50. The second-order valence-corrected chi connectivity index (χ2v) is 12.0. The van der Waals surface area contributed by atoms with E-state index in [1.807, 2.05) is 0 Å². The number of carbonyl (C=O) groups is 2. The summed E-state index contributed by atoms with van der Waals surface area (Å²) in [6.45, 7) is 3.76. The van der Waals surface area contributed by atoms with Gasteiger partial charge in [-0.3, -0.25) is 9.58 Å². The van der Waals surface area contributed by atoms with Gasteiger partial charge in [0.2, 0.25) is 6.10 Å². The summed E-state index contributed by atoms with van der Waals surface area (Å²) < 4.78 is 117. The molecule has 2 amide bonds. The van der Waals surface area contributed by atoms with Crippen molar-refractivity contribution in [2.75, 3.05) is 25.1 Å². The molecule has 0 saturated carbocycles. The van der Waals surface area contributed by atoms with Crippen LogP contribution in [0.5, 0.6) is 5.75 Å². The van der Waals surface area contributed by atoms with E-state index in [1.165, 1.54) is 7.11 Å². The Hall–Kier alpha value is -4.57. The van der Waals surface area contributed by atoms with Gasteiger partial charge in [-0.1, -0.05) is 12.1 Å². The number of pyridine rings is 1. The Morgan fingerprint density at radius 2 is 1.74 bits per heavy atom. The number of likely N-dealkylation sites (tertiary alicyclic amines) is 1. The summed E-state index contributed by atoms with van der Waals surface area (Å²) in [7, 11) is 1.43. The van der Waals surface area contributed by atoms with Gasteiger partial charge in [0.05, 0.1) is 37.5 Å². The maximum atomic E-state index is 15.5. The van der Waals surface area contributed by atoms with Crippen molar-refractivity contribution in [3.63, 3.8) is 0 Å². The Balaban J connectivity index is 1.55. The first-order chi connectivity index (χ1) is 21.9. The first-order valence-corrected chi connectivity index (χ1v) is 14.3. The molecule has 0 aliphatic carbocycles. The van der Waals surface area contributed by atoms with Crippen LogP contribution in [0.1, 0.15) is 56.2 Å². The summed E-state index contributed by atoms with van der Waals surface area (Å²) in [5, 5.41) is 3.98. The molecule has 2 aliphatic heterocycles. The predicted octanol–water partition coefficient (Wildman–Crippen LogP) is 7.25. The number of methoxy groups -OCH3 is 1. The molecule has 0 bridgehead atoms. The highest BCUT2D eigenvalue weighted by molar-refractivity contribution is 5.92. The van der Waals surface area contributed by atoms with Crippen LogP contribution >= 0.6 is 0 Å². The fourth-order valence-electron chi connectivity index (χ4n) is 5.40. The lowest BCUT2D eigenvalue weighted by Gasteiger charge is -2.36. The number of benzene rings is 1. The van der Waals surface area contributed by atoms with Gasteiger partial charge in [0.25, 0.3) is 0 Å². The molecule has 2 aliphatic rings. The average Bonchev–Trinajstić information content (AvgIpc) is 3.43. The lowest BCUT2D eigenvalue weighted by atomic mass is 9.98. The van der Waals surface area contributed by atoms with Crippen molar-refractivity contribution in [3.05, 3.63) is 59.4 Å². The number of halogens is 7. The van der Waals surface area contributed by atoms with Gasteiger partial charge < -0.3 is 19.1 Å². The molecule has 4 heterocycles. The number of alkyl halides is 7. The van der Waals surface area contributed by atoms with Gasteiger partial charge in [-0.25, -0.2) is 19.0 Å². The third-order valence-electron chi connectivity index (χ3n) is 7.50.